The van der Waals surface area contributed by atoms with Crippen LogP contribution < -0.4 is 4.74 Å². The fourth-order valence-corrected chi connectivity index (χ4v) is 3.30. The molecule has 0 radical (unpaired) electrons. The predicted octanol–water partition coefficient (Wildman–Crippen LogP) is 1.81. The van der Waals surface area contributed by atoms with Crippen LogP contribution >= 0.6 is 0 Å². The Labute approximate surface area is 115 Å². The molecule has 1 aromatic rings. The van der Waals surface area contributed by atoms with E-state index in [-0.39, 0.29) is 17.6 Å². The molecule has 1 saturated heterocycles. The van der Waals surface area contributed by atoms with Crippen LogP contribution in [0.25, 0.3) is 0 Å². The van der Waals surface area contributed by atoms with Crippen molar-refractivity contribution in [1.29, 1.82) is 0 Å². The van der Waals surface area contributed by atoms with Crippen LogP contribution in [0.15, 0.2) is 24.3 Å². The minimum absolute atomic E-state index is 0.0597. The number of methoxy groups -OCH3 is 1. The topological polar surface area (TPSA) is 52.6 Å². The van der Waals surface area contributed by atoms with Gasteiger partial charge >= 0.3 is 0 Å². The minimum Gasteiger partial charge on any atom is -0.497 e. The third-order valence-electron chi connectivity index (χ3n) is 3.10. The Bertz CT molecular complexity index is 449. The molecule has 0 bridgehead atoms. The van der Waals surface area contributed by atoms with E-state index in [1.54, 1.807) is 31.4 Å². The quantitative estimate of drug-likeness (QED) is 0.747. The molecule has 0 aromatic heterocycles. The number of hydrogen-bond donors (Lipinski definition) is 0. The SMILES string of the molecule is COc1ccc(C(=O)CS(=O)CC2CCCO2)cc1. The number of Topliss-reactive ketones (excluding diaryl/α,β-unsaturated/α-hetero) is 1. The van der Waals surface area contributed by atoms with Gasteiger partial charge in [-0.1, -0.05) is 0 Å². The summed E-state index contributed by atoms with van der Waals surface area (Å²) in [6, 6.07) is 6.86. The van der Waals surface area contributed by atoms with Gasteiger partial charge in [-0.2, -0.15) is 0 Å². The summed E-state index contributed by atoms with van der Waals surface area (Å²) < 4.78 is 22.3. The van der Waals surface area contributed by atoms with Gasteiger partial charge in [0, 0.05) is 23.0 Å². The lowest BCUT2D eigenvalue weighted by atomic mass is 10.1. The van der Waals surface area contributed by atoms with Crippen molar-refractivity contribution in [2.24, 2.45) is 0 Å². The van der Waals surface area contributed by atoms with Crippen LogP contribution in [-0.4, -0.2) is 41.3 Å². The normalized spacial score (nSPS) is 20.2. The maximum Gasteiger partial charge on any atom is 0.175 e. The van der Waals surface area contributed by atoms with Gasteiger partial charge in [-0.3, -0.25) is 9.00 Å². The Kier molecular flexibility index (Phi) is 5.10. The van der Waals surface area contributed by atoms with Gasteiger partial charge in [0.1, 0.15) is 5.75 Å². The van der Waals surface area contributed by atoms with Crippen LogP contribution in [0.4, 0.5) is 0 Å². The molecule has 1 aliphatic rings. The van der Waals surface area contributed by atoms with E-state index in [4.69, 9.17) is 9.47 Å². The first-order valence-corrected chi connectivity index (χ1v) is 7.81. The van der Waals surface area contributed by atoms with Crippen LogP contribution in [0.1, 0.15) is 23.2 Å². The molecular formula is C14H18O4S. The van der Waals surface area contributed by atoms with Gasteiger partial charge in [-0.25, -0.2) is 0 Å². The van der Waals surface area contributed by atoms with E-state index in [1.165, 1.54) is 0 Å². The zero-order valence-corrected chi connectivity index (χ0v) is 11.8. The van der Waals surface area contributed by atoms with Crippen LogP contribution in [-0.2, 0) is 15.5 Å². The third-order valence-corrected chi connectivity index (χ3v) is 4.43. The Balaban J connectivity index is 1.86. The zero-order valence-electron chi connectivity index (χ0n) is 11.0. The summed E-state index contributed by atoms with van der Waals surface area (Å²) in [5.41, 5.74) is 0.571. The van der Waals surface area contributed by atoms with Crippen molar-refractivity contribution in [3.8, 4) is 5.75 Å². The average molecular weight is 282 g/mol. The second-order valence-corrected chi connectivity index (χ2v) is 6.04. The van der Waals surface area contributed by atoms with E-state index >= 15 is 0 Å². The number of carbonyl (C=O) groups excluding carboxylic acids is 1. The van der Waals surface area contributed by atoms with Gasteiger partial charge < -0.3 is 9.47 Å². The van der Waals surface area contributed by atoms with Crippen LogP contribution in [0.3, 0.4) is 0 Å². The molecule has 0 spiro atoms. The fourth-order valence-electron chi connectivity index (χ4n) is 2.05. The highest BCUT2D eigenvalue weighted by molar-refractivity contribution is 7.85. The van der Waals surface area contributed by atoms with Crippen LogP contribution in [0.5, 0.6) is 5.75 Å². The van der Waals surface area contributed by atoms with Gasteiger partial charge in [-0.15, -0.1) is 0 Å². The highest BCUT2D eigenvalue weighted by Crippen LogP contribution is 2.15. The molecule has 0 saturated carbocycles. The third kappa shape index (κ3) is 4.14. The molecule has 1 aliphatic heterocycles. The lowest BCUT2D eigenvalue weighted by Gasteiger charge is -2.08. The summed E-state index contributed by atoms with van der Waals surface area (Å²) in [4.78, 5) is 12.0. The Hall–Kier alpha value is -1.20. The van der Waals surface area contributed by atoms with Crippen molar-refractivity contribution in [1.82, 2.24) is 0 Å². The monoisotopic (exact) mass is 282 g/mol. The van der Waals surface area contributed by atoms with Gasteiger partial charge in [0.05, 0.1) is 24.7 Å². The molecule has 4 nitrogen and oxygen atoms in total. The highest BCUT2D eigenvalue weighted by atomic mass is 32.2. The van der Waals surface area contributed by atoms with Crippen molar-refractivity contribution in [3.63, 3.8) is 0 Å². The Morgan fingerprint density at radius 1 is 1.42 bits per heavy atom. The van der Waals surface area contributed by atoms with E-state index in [2.05, 4.69) is 0 Å². The van der Waals surface area contributed by atoms with Crippen molar-refractivity contribution in [2.75, 3.05) is 25.2 Å². The average Bonchev–Trinajstić information content (AvgIpc) is 2.91. The molecule has 0 N–H and O–H groups in total. The minimum atomic E-state index is -1.15. The van der Waals surface area contributed by atoms with E-state index < -0.39 is 10.8 Å². The first-order chi connectivity index (χ1) is 9.19. The van der Waals surface area contributed by atoms with E-state index in [1.807, 2.05) is 0 Å². The molecule has 2 atom stereocenters. The van der Waals surface area contributed by atoms with Crippen molar-refractivity contribution < 1.29 is 18.5 Å². The molecule has 0 aliphatic carbocycles. The van der Waals surface area contributed by atoms with Gasteiger partial charge in [0.25, 0.3) is 0 Å². The van der Waals surface area contributed by atoms with Gasteiger partial charge in [0.2, 0.25) is 0 Å². The largest absolute Gasteiger partial charge is 0.497 e. The Morgan fingerprint density at radius 2 is 2.16 bits per heavy atom. The van der Waals surface area contributed by atoms with E-state index in [9.17, 15) is 9.00 Å². The maximum atomic E-state index is 12.0. The number of ether oxygens (including phenoxy) is 2. The number of rotatable bonds is 6. The predicted molar refractivity (Wildman–Crippen MR) is 74.2 cm³/mol. The molecule has 0 amide bonds. The van der Waals surface area contributed by atoms with E-state index in [0.29, 0.717) is 17.1 Å². The second kappa shape index (κ2) is 6.82. The fraction of sp³-hybridized carbons (Fsp3) is 0.500. The number of benzene rings is 1. The molecule has 2 unspecified atom stereocenters. The Morgan fingerprint density at radius 3 is 2.74 bits per heavy atom. The molecule has 19 heavy (non-hydrogen) atoms. The number of carbonyl (C=O) groups is 1. The molecular weight excluding hydrogens is 264 g/mol. The van der Waals surface area contributed by atoms with Gasteiger partial charge in [0.15, 0.2) is 5.78 Å². The van der Waals surface area contributed by atoms with E-state index in [0.717, 1.165) is 19.4 Å². The first-order valence-electron chi connectivity index (χ1n) is 6.33. The molecule has 1 heterocycles. The molecule has 2 rings (SSSR count). The molecule has 1 fully saturated rings. The summed E-state index contributed by atoms with van der Waals surface area (Å²) in [6.45, 7) is 0.744. The summed E-state index contributed by atoms with van der Waals surface area (Å²) in [7, 11) is 0.424. The van der Waals surface area contributed by atoms with Crippen LogP contribution in [0.2, 0.25) is 0 Å². The maximum absolute atomic E-state index is 12.0. The number of hydrogen-bond acceptors (Lipinski definition) is 4. The van der Waals surface area contributed by atoms with Crippen molar-refractivity contribution >= 4 is 16.6 Å². The van der Waals surface area contributed by atoms with Gasteiger partial charge in [-0.05, 0) is 37.1 Å². The number of ketones is 1. The summed E-state index contributed by atoms with van der Waals surface area (Å²) in [6.07, 6.45) is 2.03. The molecule has 5 heteroatoms. The smallest absolute Gasteiger partial charge is 0.175 e. The molecule has 1 aromatic carbocycles. The highest BCUT2D eigenvalue weighted by Gasteiger charge is 2.20. The lowest BCUT2D eigenvalue weighted by molar-refractivity contribution is 0.102. The second-order valence-electron chi connectivity index (χ2n) is 4.54. The lowest BCUT2D eigenvalue weighted by Crippen LogP contribution is -2.21. The summed E-state index contributed by atoms with van der Waals surface area (Å²) in [5, 5.41) is 0. The molecule has 104 valence electrons. The van der Waals surface area contributed by atoms with Crippen LogP contribution in [0, 0.1) is 0 Å². The van der Waals surface area contributed by atoms with Crippen molar-refractivity contribution in [2.45, 2.75) is 18.9 Å². The summed E-state index contributed by atoms with van der Waals surface area (Å²) >= 11 is 0. The summed E-state index contributed by atoms with van der Waals surface area (Å²) in [5.74, 6) is 1.13. The standard InChI is InChI=1S/C14H18O4S/c1-17-12-6-4-11(5-7-12)14(15)10-19(16)9-13-3-2-8-18-13/h4-7,13H,2-3,8-10H2,1H3. The zero-order chi connectivity index (χ0) is 13.7. The van der Waals surface area contributed by atoms with Crippen molar-refractivity contribution in [3.05, 3.63) is 29.8 Å². The first kappa shape index (κ1) is 14.2.